The Morgan fingerprint density at radius 3 is 3.29 bits per heavy atom. The van der Waals surface area contributed by atoms with Gasteiger partial charge in [-0.15, -0.1) is 0 Å². The number of hydrogen-bond donors (Lipinski definition) is 1. The molecule has 1 aromatic heterocycles. The highest BCUT2D eigenvalue weighted by atomic mass is 16.5. The lowest BCUT2D eigenvalue weighted by Gasteiger charge is -2.33. The summed E-state index contributed by atoms with van der Waals surface area (Å²) in [5.74, 6) is 0. The van der Waals surface area contributed by atoms with E-state index in [9.17, 15) is 0 Å². The number of morpholine rings is 1. The SMILES string of the molecule is CC1COCCN1CCNCc1cccnc1. The molecule has 1 aromatic rings. The first kappa shape index (κ1) is 12.5. The van der Waals surface area contributed by atoms with E-state index in [4.69, 9.17) is 4.74 Å². The first-order chi connectivity index (χ1) is 8.36. The van der Waals surface area contributed by atoms with E-state index in [-0.39, 0.29) is 0 Å². The third kappa shape index (κ3) is 4.07. The summed E-state index contributed by atoms with van der Waals surface area (Å²) in [6.45, 7) is 8.00. The van der Waals surface area contributed by atoms with E-state index in [1.807, 2.05) is 12.3 Å². The molecular formula is C13H21N3O. The van der Waals surface area contributed by atoms with Crippen molar-refractivity contribution in [2.24, 2.45) is 0 Å². The number of nitrogens with one attached hydrogen (secondary N) is 1. The Bertz CT molecular complexity index is 318. The molecule has 0 radical (unpaired) electrons. The van der Waals surface area contributed by atoms with Crippen molar-refractivity contribution < 1.29 is 4.74 Å². The molecular weight excluding hydrogens is 214 g/mol. The van der Waals surface area contributed by atoms with Gasteiger partial charge in [0, 0.05) is 44.6 Å². The van der Waals surface area contributed by atoms with Crippen LogP contribution in [0.2, 0.25) is 0 Å². The minimum absolute atomic E-state index is 0.545. The van der Waals surface area contributed by atoms with Crippen molar-refractivity contribution in [2.75, 3.05) is 32.8 Å². The summed E-state index contributed by atoms with van der Waals surface area (Å²) < 4.78 is 5.42. The van der Waals surface area contributed by atoms with Crippen LogP contribution in [0.5, 0.6) is 0 Å². The van der Waals surface area contributed by atoms with Crippen LogP contribution in [0.1, 0.15) is 12.5 Å². The van der Waals surface area contributed by atoms with E-state index < -0.39 is 0 Å². The summed E-state index contributed by atoms with van der Waals surface area (Å²) in [5, 5.41) is 3.45. The molecule has 0 spiro atoms. The summed E-state index contributed by atoms with van der Waals surface area (Å²) in [4.78, 5) is 6.57. The van der Waals surface area contributed by atoms with Gasteiger partial charge in [0.1, 0.15) is 0 Å². The number of ether oxygens (including phenoxy) is 1. The third-order valence-electron chi connectivity index (χ3n) is 3.13. The summed E-state index contributed by atoms with van der Waals surface area (Å²) >= 11 is 0. The molecule has 0 amide bonds. The van der Waals surface area contributed by atoms with Crippen molar-refractivity contribution in [1.29, 1.82) is 0 Å². The van der Waals surface area contributed by atoms with Crippen LogP contribution in [0.3, 0.4) is 0 Å². The van der Waals surface area contributed by atoms with Crippen LogP contribution in [0.4, 0.5) is 0 Å². The lowest BCUT2D eigenvalue weighted by Crippen LogP contribution is -2.46. The lowest BCUT2D eigenvalue weighted by molar-refractivity contribution is 0.000404. The highest BCUT2D eigenvalue weighted by Gasteiger charge is 2.17. The summed E-state index contributed by atoms with van der Waals surface area (Å²) in [6, 6.07) is 4.61. The highest BCUT2D eigenvalue weighted by molar-refractivity contribution is 5.07. The van der Waals surface area contributed by atoms with Gasteiger partial charge in [-0.05, 0) is 18.6 Å². The quantitative estimate of drug-likeness (QED) is 0.769. The van der Waals surface area contributed by atoms with Crippen LogP contribution in [-0.4, -0.2) is 48.8 Å². The van der Waals surface area contributed by atoms with Gasteiger partial charge < -0.3 is 10.1 Å². The maximum atomic E-state index is 5.42. The average Bonchev–Trinajstić information content (AvgIpc) is 2.38. The largest absolute Gasteiger partial charge is 0.379 e. The van der Waals surface area contributed by atoms with E-state index in [0.717, 1.165) is 39.4 Å². The van der Waals surface area contributed by atoms with Gasteiger partial charge in [0.2, 0.25) is 0 Å². The maximum Gasteiger partial charge on any atom is 0.0619 e. The van der Waals surface area contributed by atoms with Crippen molar-refractivity contribution in [3.8, 4) is 0 Å². The second kappa shape index (κ2) is 6.69. The second-order valence-electron chi connectivity index (χ2n) is 4.50. The molecule has 2 rings (SSSR count). The predicted molar refractivity (Wildman–Crippen MR) is 67.8 cm³/mol. The zero-order chi connectivity index (χ0) is 11.9. The monoisotopic (exact) mass is 235 g/mol. The van der Waals surface area contributed by atoms with Gasteiger partial charge in [-0.3, -0.25) is 9.88 Å². The summed E-state index contributed by atoms with van der Waals surface area (Å²) in [6.07, 6.45) is 3.71. The lowest BCUT2D eigenvalue weighted by atomic mass is 10.2. The minimum Gasteiger partial charge on any atom is -0.379 e. The number of nitrogens with zero attached hydrogens (tertiary/aromatic N) is 2. The molecule has 1 unspecified atom stereocenters. The van der Waals surface area contributed by atoms with Crippen molar-refractivity contribution in [1.82, 2.24) is 15.2 Å². The zero-order valence-electron chi connectivity index (χ0n) is 10.4. The Balaban J connectivity index is 1.63. The average molecular weight is 235 g/mol. The van der Waals surface area contributed by atoms with E-state index in [2.05, 4.69) is 28.2 Å². The van der Waals surface area contributed by atoms with Gasteiger partial charge in [0.25, 0.3) is 0 Å². The Morgan fingerprint density at radius 1 is 1.59 bits per heavy atom. The fraction of sp³-hybridized carbons (Fsp3) is 0.615. The van der Waals surface area contributed by atoms with E-state index in [0.29, 0.717) is 6.04 Å². The van der Waals surface area contributed by atoms with Gasteiger partial charge in [-0.1, -0.05) is 6.07 Å². The van der Waals surface area contributed by atoms with Crippen molar-refractivity contribution in [2.45, 2.75) is 19.5 Å². The Labute approximate surface area is 103 Å². The molecule has 1 atom stereocenters. The molecule has 1 N–H and O–H groups in total. The fourth-order valence-electron chi connectivity index (χ4n) is 2.05. The fourth-order valence-corrected chi connectivity index (χ4v) is 2.05. The molecule has 0 aliphatic carbocycles. The molecule has 1 fully saturated rings. The van der Waals surface area contributed by atoms with E-state index in [1.54, 1.807) is 6.20 Å². The summed E-state index contributed by atoms with van der Waals surface area (Å²) in [7, 11) is 0. The van der Waals surface area contributed by atoms with Gasteiger partial charge >= 0.3 is 0 Å². The standard InChI is InChI=1S/C13H21N3O/c1-12-11-17-8-7-16(12)6-5-15-10-13-3-2-4-14-9-13/h2-4,9,12,15H,5-8,10-11H2,1H3. The normalized spacial score (nSPS) is 21.6. The van der Waals surface area contributed by atoms with E-state index >= 15 is 0 Å². The van der Waals surface area contributed by atoms with Gasteiger partial charge in [0.05, 0.1) is 13.2 Å². The molecule has 94 valence electrons. The molecule has 1 aliphatic heterocycles. The first-order valence-electron chi connectivity index (χ1n) is 6.27. The smallest absolute Gasteiger partial charge is 0.0619 e. The highest BCUT2D eigenvalue weighted by Crippen LogP contribution is 2.04. The number of pyridine rings is 1. The first-order valence-corrected chi connectivity index (χ1v) is 6.27. The molecule has 4 heteroatoms. The molecule has 1 aliphatic rings. The Kier molecular flexibility index (Phi) is 4.91. The molecule has 2 heterocycles. The van der Waals surface area contributed by atoms with E-state index in [1.165, 1.54) is 5.56 Å². The zero-order valence-corrected chi connectivity index (χ0v) is 10.4. The van der Waals surface area contributed by atoms with Crippen LogP contribution in [0.25, 0.3) is 0 Å². The predicted octanol–water partition coefficient (Wildman–Crippen LogP) is 0.892. The van der Waals surface area contributed by atoms with Crippen molar-refractivity contribution in [3.05, 3.63) is 30.1 Å². The molecule has 17 heavy (non-hydrogen) atoms. The van der Waals surface area contributed by atoms with Crippen LogP contribution in [-0.2, 0) is 11.3 Å². The number of hydrogen-bond acceptors (Lipinski definition) is 4. The topological polar surface area (TPSA) is 37.4 Å². The van der Waals surface area contributed by atoms with Crippen LogP contribution in [0, 0.1) is 0 Å². The third-order valence-corrected chi connectivity index (χ3v) is 3.13. The second-order valence-corrected chi connectivity index (χ2v) is 4.50. The maximum absolute atomic E-state index is 5.42. The van der Waals surface area contributed by atoms with Crippen LogP contribution in [0.15, 0.2) is 24.5 Å². The van der Waals surface area contributed by atoms with Crippen LogP contribution < -0.4 is 5.32 Å². The number of rotatable bonds is 5. The molecule has 4 nitrogen and oxygen atoms in total. The molecule has 0 aromatic carbocycles. The van der Waals surface area contributed by atoms with Crippen LogP contribution >= 0.6 is 0 Å². The van der Waals surface area contributed by atoms with Crippen molar-refractivity contribution in [3.63, 3.8) is 0 Å². The van der Waals surface area contributed by atoms with Gasteiger partial charge in [0.15, 0.2) is 0 Å². The molecule has 1 saturated heterocycles. The van der Waals surface area contributed by atoms with Gasteiger partial charge in [-0.2, -0.15) is 0 Å². The minimum atomic E-state index is 0.545. The van der Waals surface area contributed by atoms with Crippen molar-refractivity contribution >= 4 is 0 Å². The Morgan fingerprint density at radius 2 is 2.53 bits per heavy atom. The number of aromatic nitrogens is 1. The Hall–Kier alpha value is -0.970. The molecule has 0 bridgehead atoms. The molecule has 0 saturated carbocycles. The van der Waals surface area contributed by atoms with Gasteiger partial charge in [-0.25, -0.2) is 0 Å². The summed E-state index contributed by atoms with van der Waals surface area (Å²) in [5.41, 5.74) is 1.24.